The van der Waals surface area contributed by atoms with Gasteiger partial charge in [0.2, 0.25) is 5.91 Å². The van der Waals surface area contributed by atoms with Gasteiger partial charge in [-0.2, -0.15) is 0 Å². The van der Waals surface area contributed by atoms with Crippen molar-refractivity contribution < 1.29 is 19.5 Å². The van der Waals surface area contributed by atoms with Gasteiger partial charge in [0, 0.05) is 0 Å². The standard InChI is InChI=1S/C5H7N3O4/c6-1-2(4(10)11)7-5(12)8-3(1)9/h1-2H,6H2,(H,10,11)(H2,7,8,9,12). The zero-order chi connectivity index (χ0) is 9.30. The summed E-state index contributed by atoms with van der Waals surface area (Å²) < 4.78 is 0. The van der Waals surface area contributed by atoms with Gasteiger partial charge in [0.15, 0.2) is 6.04 Å². The first kappa shape index (κ1) is 8.47. The van der Waals surface area contributed by atoms with Gasteiger partial charge in [-0.05, 0) is 0 Å². The molecule has 2 unspecified atom stereocenters. The van der Waals surface area contributed by atoms with Crippen LogP contribution in [0.5, 0.6) is 0 Å². The van der Waals surface area contributed by atoms with Gasteiger partial charge in [-0.25, -0.2) is 9.59 Å². The normalized spacial score (nSPS) is 29.1. The van der Waals surface area contributed by atoms with Gasteiger partial charge < -0.3 is 16.2 Å². The molecule has 66 valence electrons. The lowest BCUT2D eigenvalue weighted by Gasteiger charge is -2.25. The molecule has 1 rings (SSSR count). The van der Waals surface area contributed by atoms with E-state index in [-0.39, 0.29) is 0 Å². The van der Waals surface area contributed by atoms with Crippen LogP contribution in [0.4, 0.5) is 4.79 Å². The molecule has 12 heavy (non-hydrogen) atoms. The van der Waals surface area contributed by atoms with Crippen molar-refractivity contribution in [1.82, 2.24) is 10.6 Å². The summed E-state index contributed by atoms with van der Waals surface area (Å²) in [4.78, 5) is 31.7. The van der Waals surface area contributed by atoms with Crippen LogP contribution in [-0.4, -0.2) is 35.1 Å². The molecule has 5 N–H and O–H groups in total. The summed E-state index contributed by atoms with van der Waals surface area (Å²) in [6.45, 7) is 0. The average Bonchev–Trinajstić information content (AvgIpc) is 1.96. The lowest BCUT2D eigenvalue weighted by molar-refractivity contribution is -0.142. The Hall–Kier alpha value is -1.63. The molecule has 7 nitrogen and oxygen atoms in total. The zero-order valence-electron chi connectivity index (χ0n) is 5.90. The molecule has 1 heterocycles. The first-order valence-corrected chi connectivity index (χ1v) is 3.12. The van der Waals surface area contributed by atoms with Crippen LogP contribution < -0.4 is 16.4 Å². The number of amides is 3. The van der Waals surface area contributed by atoms with Gasteiger partial charge in [-0.1, -0.05) is 0 Å². The van der Waals surface area contributed by atoms with Crippen molar-refractivity contribution in [3.63, 3.8) is 0 Å². The van der Waals surface area contributed by atoms with Crippen LogP contribution in [0.2, 0.25) is 0 Å². The number of urea groups is 1. The lowest BCUT2D eigenvalue weighted by atomic mass is 10.1. The Kier molecular flexibility index (Phi) is 1.96. The Morgan fingerprint density at radius 2 is 2.08 bits per heavy atom. The van der Waals surface area contributed by atoms with Crippen LogP contribution >= 0.6 is 0 Å². The molecule has 1 saturated heterocycles. The summed E-state index contributed by atoms with van der Waals surface area (Å²) in [6, 6.07) is -3.42. The molecule has 2 atom stereocenters. The second-order valence-electron chi connectivity index (χ2n) is 2.30. The summed E-state index contributed by atoms with van der Waals surface area (Å²) >= 11 is 0. The van der Waals surface area contributed by atoms with Crippen LogP contribution in [-0.2, 0) is 9.59 Å². The highest BCUT2D eigenvalue weighted by molar-refractivity contribution is 6.04. The molecule has 0 aliphatic carbocycles. The summed E-state index contributed by atoms with van der Waals surface area (Å²) in [7, 11) is 0. The molecular weight excluding hydrogens is 166 g/mol. The van der Waals surface area contributed by atoms with E-state index in [9.17, 15) is 14.4 Å². The molecule has 0 saturated carbocycles. The minimum Gasteiger partial charge on any atom is -0.480 e. The van der Waals surface area contributed by atoms with Crippen LogP contribution in [0.1, 0.15) is 0 Å². The van der Waals surface area contributed by atoms with Gasteiger partial charge in [0.1, 0.15) is 6.04 Å². The smallest absolute Gasteiger partial charge is 0.328 e. The third kappa shape index (κ3) is 1.35. The number of nitrogens with one attached hydrogen (secondary N) is 2. The number of carbonyl (C=O) groups excluding carboxylic acids is 2. The predicted octanol–water partition coefficient (Wildman–Crippen LogP) is -2.39. The third-order valence-corrected chi connectivity index (χ3v) is 1.45. The van der Waals surface area contributed by atoms with Crippen molar-refractivity contribution >= 4 is 17.9 Å². The van der Waals surface area contributed by atoms with Crippen molar-refractivity contribution in [3.8, 4) is 0 Å². The van der Waals surface area contributed by atoms with E-state index in [0.717, 1.165) is 0 Å². The van der Waals surface area contributed by atoms with E-state index in [0.29, 0.717) is 0 Å². The number of carboxylic acids is 1. The molecule has 0 aromatic carbocycles. The molecule has 0 bridgehead atoms. The first-order chi connectivity index (χ1) is 5.52. The summed E-state index contributed by atoms with van der Waals surface area (Å²) in [6.07, 6.45) is 0. The molecule has 1 aliphatic rings. The number of carbonyl (C=O) groups is 3. The van der Waals surface area contributed by atoms with E-state index in [2.05, 4.69) is 0 Å². The highest BCUT2D eigenvalue weighted by Gasteiger charge is 2.37. The van der Waals surface area contributed by atoms with Crippen molar-refractivity contribution in [1.29, 1.82) is 0 Å². The average molecular weight is 173 g/mol. The van der Waals surface area contributed by atoms with E-state index in [1.165, 1.54) is 0 Å². The van der Waals surface area contributed by atoms with Crippen molar-refractivity contribution in [2.24, 2.45) is 5.73 Å². The summed E-state index contributed by atoms with van der Waals surface area (Å²) in [5.41, 5.74) is 5.18. The largest absolute Gasteiger partial charge is 0.480 e. The van der Waals surface area contributed by atoms with E-state index in [1.54, 1.807) is 0 Å². The quantitative estimate of drug-likeness (QED) is 0.352. The predicted molar refractivity (Wildman–Crippen MR) is 36.1 cm³/mol. The van der Waals surface area contributed by atoms with E-state index >= 15 is 0 Å². The fraction of sp³-hybridized carbons (Fsp3) is 0.400. The minimum atomic E-state index is -1.34. The van der Waals surface area contributed by atoms with Crippen LogP contribution in [0.25, 0.3) is 0 Å². The lowest BCUT2D eigenvalue weighted by Crippen LogP contribution is -2.66. The molecule has 0 aromatic rings. The molecule has 0 aromatic heterocycles. The van der Waals surface area contributed by atoms with Crippen LogP contribution in [0.15, 0.2) is 0 Å². The molecule has 7 heteroatoms. The number of hydrogen-bond donors (Lipinski definition) is 4. The SMILES string of the molecule is NC1C(=O)NC(=O)NC1C(=O)O. The zero-order valence-corrected chi connectivity index (χ0v) is 5.90. The molecular formula is C5H7N3O4. The highest BCUT2D eigenvalue weighted by atomic mass is 16.4. The first-order valence-electron chi connectivity index (χ1n) is 3.12. The number of imide groups is 1. The summed E-state index contributed by atoms with van der Waals surface area (Å²) in [5.74, 6) is -2.11. The van der Waals surface area contributed by atoms with Gasteiger partial charge in [0.25, 0.3) is 0 Å². The summed E-state index contributed by atoms with van der Waals surface area (Å²) in [5, 5.41) is 12.3. The highest BCUT2D eigenvalue weighted by Crippen LogP contribution is 1.96. The Morgan fingerprint density at radius 3 is 2.58 bits per heavy atom. The van der Waals surface area contributed by atoms with Crippen LogP contribution in [0, 0.1) is 0 Å². The van der Waals surface area contributed by atoms with Gasteiger partial charge in [0.05, 0.1) is 0 Å². The number of aliphatic carboxylic acids is 1. The van der Waals surface area contributed by atoms with E-state index in [1.807, 2.05) is 10.6 Å². The fourth-order valence-electron chi connectivity index (χ4n) is 0.829. The van der Waals surface area contributed by atoms with Gasteiger partial charge >= 0.3 is 12.0 Å². The molecule has 0 radical (unpaired) electrons. The number of hydrogen-bond acceptors (Lipinski definition) is 4. The monoisotopic (exact) mass is 173 g/mol. The Morgan fingerprint density at radius 1 is 1.50 bits per heavy atom. The maximum Gasteiger partial charge on any atom is 0.328 e. The maximum atomic E-state index is 10.8. The maximum absolute atomic E-state index is 10.8. The Balaban J connectivity index is 2.79. The number of carboxylic acid groups (broad SMARTS) is 1. The van der Waals surface area contributed by atoms with Crippen molar-refractivity contribution in [3.05, 3.63) is 0 Å². The molecule has 1 fully saturated rings. The Bertz CT molecular complexity index is 251. The molecule has 0 spiro atoms. The van der Waals surface area contributed by atoms with Crippen LogP contribution in [0.3, 0.4) is 0 Å². The number of rotatable bonds is 1. The minimum absolute atomic E-state index is 0.786. The van der Waals surface area contributed by atoms with Gasteiger partial charge in [-0.15, -0.1) is 0 Å². The van der Waals surface area contributed by atoms with E-state index < -0.39 is 30.0 Å². The van der Waals surface area contributed by atoms with E-state index in [4.69, 9.17) is 10.8 Å². The topological polar surface area (TPSA) is 122 Å². The molecule has 3 amide bonds. The second kappa shape index (κ2) is 2.78. The Labute approximate surface area is 66.9 Å². The fourth-order valence-corrected chi connectivity index (χ4v) is 0.829. The number of nitrogens with two attached hydrogens (primary N) is 1. The van der Waals surface area contributed by atoms with Crippen molar-refractivity contribution in [2.45, 2.75) is 12.1 Å². The van der Waals surface area contributed by atoms with Crippen molar-refractivity contribution in [2.75, 3.05) is 0 Å². The molecule has 1 aliphatic heterocycles. The second-order valence-corrected chi connectivity index (χ2v) is 2.30. The van der Waals surface area contributed by atoms with Gasteiger partial charge in [-0.3, -0.25) is 10.1 Å². The third-order valence-electron chi connectivity index (χ3n) is 1.45.